The number of para-hydroxylation sites is 1. The van der Waals surface area contributed by atoms with Crippen molar-refractivity contribution < 1.29 is 4.42 Å². The molecule has 0 atom stereocenters. The minimum absolute atomic E-state index is 0.915. The molecule has 0 saturated carbocycles. The quantitative estimate of drug-likeness (QED) is 0.176. The summed E-state index contributed by atoms with van der Waals surface area (Å²) >= 11 is 0. The Morgan fingerprint density at radius 3 is 1.65 bits per heavy atom. The summed E-state index contributed by atoms with van der Waals surface area (Å²) in [5, 5.41) is 7.09. The lowest BCUT2D eigenvalue weighted by Gasteiger charge is -2.26. The highest BCUT2D eigenvalue weighted by Crippen LogP contribution is 2.41. The van der Waals surface area contributed by atoms with E-state index in [0.29, 0.717) is 0 Å². The molecule has 9 aromatic carbocycles. The molecule has 0 N–H and O–H groups in total. The van der Waals surface area contributed by atoms with Gasteiger partial charge in [0.2, 0.25) is 0 Å². The van der Waals surface area contributed by atoms with Crippen LogP contribution in [0.3, 0.4) is 0 Å². The minimum atomic E-state index is 0.915. The third-order valence-electron chi connectivity index (χ3n) is 10.2. The topological polar surface area (TPSA) is 16.4 Å². The number of fused-ring (bicyclic) bond motifs is 6. The van der Waals surface area contributed by atoms with Gasteiger partial charge in [-0.15, -0.1) is 0 Å². The Morgan fingerprint density at radius 2 is 0.846 bits per heavy atom. The van der Waals surface area contributed by atoms with E-state index in [1.165, 1.54) is 38.4 Å². The van der Waals surface area contributed by atoms with Crippen molar-refractivity contribution >= 4 is 60.5 Å². The van der Waals surface area contributed by atoms with Crippen LogP contribution in [0.15, 0.2) is 205 Å². The van der Waals surface area contributed by atoms with Crippen molar-refractivity contribution in [1.29, 1.82) is 0 Å². The van der Waals surface area contributed by atoms with Crippen LogP contribution in [-0.4, -0.2) is 0 Å². The maximum absolute atomic E-state index is 6.68. The molecule has 10 aromatic rings. The summed E-state index contributed by atoms with van der Waals surface area (Å²) in [5.41, 5.74) is 12.1. The van der Waals surface area contributed by atoms with Gasteiger partial charge in [0.1, 0.15) is 11.2 Å². The highest BCUT2D eigenvalue weighted by molar-refractivity contribution is 6.17. The van der Waals surface area contributed by atoms with E-state index in [-0.39, 0.29) is 0 Å². The fourth-order valence-electron chi connectivity index (χ4n) is 7.62. The van der Waals surface area contributed by atoms with Gasteiger partial charge in [0.15, 0.2) is 0 Å². The SMILES string of the molecule is c1ccc(-c2cccc(N(c3ccc(-c4ccc5ccccc5c4)cc3)c3ccc(-c4cccc5c4oc4c6ccccc6ccc54)cc3)c2)cc1. The third-order valence-corrected chi connectivity index (χ3v) is 10.2. The lowest BCUT2D eigenvalue weighted by molar-refractivity contribution is 0.674. The number of benzene rings is 9. The summed E-state index contributed by atoms with van der Waals surface area (Å²) in [4.78, 5) is 2.34. The number of anilines is 3. The maximum atomic E-state index is 6.68. The van der Waals surface area contributed by atoms with Gasteiger partial charge in [-0.25, -0.2) is 0 Å². The van der Waals surface area contributed by atoms with Crippen molar-refractivity contribution in [2.24, 2.45) is 0 Å². The Labute approximate surface area is 302 Å². The zero-order chi connectivity index (χ0) is 34.4. The van der Waals surface area contributed by atoms with E-state index in [4.69, 9.17) is 4.42 Å². The molecule has 10 rings (SSSR count). The summed E-state index contributed by atoms with van der Waals surface area (Å²) in [7, 11) is 0. The van der Waals surface area contributed by atoms with E-state index < -0.39 is 0 Å². The number of nitrogens with zero attached hydrogens (tertiary/aromatic N) is 1. The number of rotatable bonds is 6. The molecule has 244 valence electrons. The molecule has 2 heteroatoms. The van der Waals surface area contributed by atoms with Gasteiger partial charge in [0.25, 0.3) is 0 Å². The van der Waals surface area contributed by atoms with E-state index in [2.05, 4.69) is 205 Å². The molecule has 0 fully saturated rings. The van der Waals surface area contributed by atoms with Crippen molar-refractivity contribution in [1.82, 2.24) is 0 Å². The van der Waals surface area contributed by atoms with Gasteiger partial charge in [-0.1, -0.05) is 152 Å². The van der Waals surface area contributed by atoms with Crippen LogP contribution in [-0.2, 0) is 0 Å². The third kappa shape index (κ3) is 5.21. The van der Waals surface area contributed by atoms with Crippen LogP contribution in [0.25, 0.3) is 76.9 Å². The maximum Gasteiger partial charge on any atom is 0.143 e. The van der Waals surface area contributed by atoms with Crippen LogP contribution in [0.1, 0.15) is 0 Å². The highest BCUT2D eigenvalue weighted by atomic mass is 16.3. The van der Waals surface area contributed by atoms with Gasteiger partial charge >= 0.3 is 0 Å². The Balaban J connectivity index is 1.07. The number of hydrogen-bond acceptors (Lipinski definition) is 2. The van der Waals surface area contributed by atoms with Gasteiger partial charge in [0, 0.05) is 38.8 Å². The average Bonchev–Trinajstić information content (AvgIpc) is 3.62. The normalized spacial score (nSPS) is 11.5. The van der Waals surface area contributed by atoms with E-state index in [0.717, 1.165) is 55.5 Å². The van der Waals surface area contributed by atoms with E-state index >= 15 is 0 Å². The van der Waals surface area contributed by atoms with Crippen molar-refractivity contribution in [3.8, 4) is 33.4 Å². The second kappa shape index (κ2) is 12.5. The number of furan rings is 1. The average molecular weight is 664 g/mol. The van der Waals surface area contributed by atoms with Crippen LogP contribution in [0.5, 0.6) is 0 Å². The molecule has 2 nitrogen and oxygen atoms in total. The second-order valence-corrected chi connectivity index (χ2v) is 13.4. The summed E-state index contributed by atoms with van der Waals surface area (Å²) < 4.78 is 6.68. The van der Waals surface area contributed by atoms with Crippen molar-refractivity contribution in [3.63, 3.8) is 0 Å². The van der Waals surface area contributed by atoms with Crippen molar-refractivity contribution in [2.75, 3.05) is 4.90 Å². The molecule has 0 aliphatic rings. The molecule has 0 saturated heterocycles. The molecule has 0 amide bonds. The van der Waals surface area contributed by atoms with Crippen LogP contribution < -0.4 is 4.90 Å². The molecule has 0 radical (unpaired) electrons. The first-order valence-corrected chi connectivity index (χ1v) is 17.8. The molecule has 0 aliphatic carbocycles. The molecule has 0 aliphatic heterocycles. The molecule has 1 aromatic heterocycles. The molecule has 0 unspecified atom stereocenters. The Kier molecular flexibility index (Phi) is 7.18. The zero-order valence-electron chi connectivity index (χ0n) is 28.4. The second-order valence-electron chi connectivity index (χ2n) is 13.4. The highest BCUT2D eigenvalue weighted by Gasteiger charge is 2.17. The fraction of sp³-hybridized carbons (Fsp3) is 0. The lowest BCUT2D eigenvalue weighted by Crippen LogP contribution is -2.10. The fourth-order valence-corrected chi connectivity index (χ4v) is 7.62. The van der Waals surface area contributed by atoms with Gasteiger partial charge in [-0.3, -0.25) is 0 Å². The Hall–Kier alpha value is -6.90. The first kappa shape index (κ1) is 30.0. The van der Waals surface area contributed by atoms with Crippen molar-refractivity contribution in [3.05, 3.63) is 200 Å². The molecular formula is C50H33NO. The van der Waals surface area contributed by atoms with Crippen LogP contribution in [0.4, 0.5) is 17.1 Å². The monoisotopic (exact) mass is 663 g/mol. The van der Waals surface area contributed by atoms with Gasteiger partial charge in [-0.2, -0.15) is 0 Å². The van der Waals surface area contributed by atoms with Gasteiger partial charge in [-0.05, 0) is 92.5 Å². The lowest BCUT2D eigenvalue weighted by atomic mass is 10.00. The van der Waals surface area contributed by atoms with E-state index in [9.17, 15) is 0 Å². The zero-order valence-corrected chi connectivity index (χ0v) is 28.4. The van der Waals surface area contributed by atoms with Crippen LogP contribution in [0.2, 0.25) is 0 Å². The molecule has 0 bridgehead atoms. The smallest absolute Gasteiger partial charge is 0.143 e. The van der Waals surface area contributed by atoms with Crippen molar-refractivity contribution in [2.45, 2.75) is 0 Å². The van der Waals surface area contributed by atoms with Crippen LogP contribution >= 0.6 is 0 Å². The summed E-state index contributed by atoms with van der Waals surface area (Å²) in [6.45, 7) is 0. The standard InChI is InChI=1S/C50H33NO/c1-2-10-34(11-3-1)40-15-8-16-44(33-40)51(42-27-22-36(23-28-42)41-21-20-35-12-4-5-14-39(35)32-41)43-29-24-38(25-30-43)46-18-9-19-47-48-31-26-37-13-6-7-17-45(37)50(48)52-49(46)47/h1-33H. The summed E-state index contributed by atoms with van der Waals surface area (Å²) in [6.07, 6.45) is 0. The number of hydrogen-bond donors (Lipinski definition) is 0. The van der Waals surface area contributed by atoms with Crippen LogP contribution in [0, 0.1) is 0 Å². The van der Waals surface area contributed by atoms with Gasteiger partial charge < -0.3 is 9.32 Å². The molecule has 1 heterocycles. The summed E-state index contributed by atoms with van der Waals surface area (Å²) in [5.74, 6) is 0. The molecule has 0 spiro atoms. The Morgan fingerprint density at radius 1 is 0.288 bits per heavy atom. The summed E-state index contributed by atoms with van der Waals surface area (Å²) in [6, 6.07) is 71.6. The minimum Gasteiger partial charge on any atom is -0.455 e. The van der Waals surface area contributed by atoms with E-state index in [1.807, 2.05) is 0 Å². The molecular weight excluding hydrogens is 631 g/mol. The first-order valence-electron chi connectivity index (χ1n) is 17.8. The predicted molar refractivity (Wildman–Crippen MR) is 220 cm³/mol. The Bertz CT molecular complexity index is 2890. The predicted octanol–water partition coefficient (Wildman–Crippen LogP) is 14.4. The first-order chi connectivity index (χ1) is 25.8. The largest absolute Gasteiger partial charge is 0.455 e. The van der Waals surface area contributed by atoms with E-state index in [1.54, 1.807) is 0 Å². The molecule has 52 heavy (non-hydrogen) atoms. The van der Waals surface area contributed by atoms with Gasteiger partial charge in [0.05, 0.1) is 0 Å².